The van der Waals surface area contributed by atoms with E-state index in [1.54, 1.807) is 24.4 Å². The molecule has 2 aromatic carbocycles. The number of halogens is 1. The number of nitrogens with zero attached hydrogens (tertiary/aromatic N) is 5. The molecule has 0 atom stereocenters. The van der Waals surface area contributed by atoms with E-state index in [0.29, 0.717) is 48.5 Å². The zero-order valence-electron chi connectivity index (χ0n) is 17.8. The minimum atomic E-state index is -3.57. The molecule has 1 aliphatic heterocycles. The Kier molecular flexibility index (Phi) is 5.31. The third-order valence-electron chi connectivity index (χ3n) is 5.78. The van der Waals surface area contributed by atoms with Crippen molar-refractivity contribution in [2.75, 3.05) is 33.2 Å². The van der Waals surface area contributed by atoms with Crippen LogP contribution in [0.4, 0.5) is 4.39 Å². The van der Waals surface area contributed by atoms with E-state index in [4.69, 9.17) is 0 Å². The van der Waals surface area contributed by atoms with Gasteiger partial charge in [0.15, 0.2) is 0 Å². The molecular weight excluding hydrogens is 447 g/mol. The van der Waals surface area contributed by atoms with Crippen LogP contribution in [-0.4, -0.2) is 70.8 Å². The predicted molar refractivity (Wildman–Crippen MR) is 121 cm³/mol. The first-order chi connectivity index (χ1) is 15.8. The number of H-pyrrole nitrogens is 1. The summed E-state index contributed by atoms with van der Waals surface area (Å²) < 4.78 is 42.3. The lowest BCUT2D eigenvalue weighted by Crippen LogP contribution is -2.46. The minimum Gasteiger partial charge on any atom is -0.321 e. The topological polar surface area (TPSA) is 104 Å². The van der Waals surface area contributed by atoms with Gasteiger partial charge in [-0.2, -0.15) is 4.31 Å². The van der Waals surface area contributed by atoms with Gasteiger partial charge in [-0.25, -0.2) is 17.5 Å². The van der Waals surface area contributed by atoms with Gasteiger partial charge in [-0.1, -0.05) is 5.21 Å². The van der Waals surface area contributed by atoms with E-state index in [0.717, 1.165) is 0 Å². The SMILES string of the molecule is CN1CCN(S(=O)(=O)c2ccc(-n3cc(-c4cc5cc(F)ccc5[nH]c4=O)nn3)cc2)CC1. The molecule has 33 heavy (non-hydrogen) atoms. The number of aromatic amines is 1. The third-order valence-corrected chi connectivity index (χ3v) is 7.69. The summed E-state index contributed by atoms with van der Waals surface area (Å²) in [6, 6.07) is 12.0. The number of aromatic nitrogens is 4. The van der Waals surface area contributed by atoms with E-state index in [1.165, 1.54) is 39.3 Å². The molecule has 3 heterocycles. The van der Waals surface area contributed by atoms with Crippen LogP contribution in [0, 0.1) is 5.82 Å². The summed E-state index contributed by atoms with van der Waals surface area (Å²) in [6.45, 7) is 2.30. The number of benzene rings is 2. The molecule has 0 aliphatic carbocycles. The average Bonchev–Trinajstić information content (AvgIpc) is 3.29. The molecule has 5 rings (SSSR count). The molecule has 0 unspecified atom stereocenters. The summed E-state index contributed by atoms with van der Waals surface area (Å²) in [7, 11) is -1.60. The van der Waals surface area contributed by atoms with Crippen LogP contribution in [-0.2, 0) is 10.0 Å². The first-order valence-corrected chi connectivity index (χ1v) is 11.8. The standard InChI is InChI=1S/C22H21FN6O3S/c1-27-8-10-28(11-9-27)33(31,32)18-5-3-17(4-6-18)29-14-21(25-26-29)19-13-15-12-16(23)2-7-20(15)24-22(19)30/h2-7,12-14H,8-11H2,1H3,(H,24,30). The number of sulfonamides is 1. The van der Waals surface area contributed by atoms with E-state index >= 15 is 0 Å². The second kappa shape index (κ2) is 8.18. The number of likely N-dealkylation sites (N-methyl/N-ethyl adjacent to an activating group) is 1. The van der Waals surface area contributed by atoms with Gasteiger partial charge in [0, 0.05) is 37.1 Å². The van der Waals surface area contributed by atoms with Gasteiger partial charge >= 0.3 is 0 Å². The van der Waals surface area contributed by atoms with Crippen molar-refractivity contribution in [2.45, 2.75) is 4.90 Å². The second-order valence-electron chi connectivity index (χ2n) is 7.99. The first kappa shape index (κ1) is 21.4. The van der Waals surface area contributed by atoms with Gasteiger partial charge in [-0.05, 0) is 55.6 Å². The fourth-order valence-electron chi connectivity index (χ4n) is 3.83. The fourth-order valence-corrected chi connectivity index (χ4v) is 5.25. The van der Waals surface area contributed by atoms with E-state index in [9.17, 15) is 17.6 Å². The van der Waals surface area contributed by atoms with E-state index in [2.05, 4.69) is 20.2 Å². The maximum atomic E-state index is 13.6. The van der Waals surface area contributed by atoms with Crippen molar-refractivity contribution in [3.8, 4) is 16.9 Å². The van der Waals surface area contributed by atoms with Crippen LogP contribution in [0.5, 0.6) is 0 Å². The van der Waals surface area contributed by atoms with Crippen molar-refractivity contribution >= 4 is 20.9 Å². The zero-order valence-corrected chi connectivity index (χ0v) is 18.6. The summed E-state index contributed by atoms with van der Waals surface area (Å²) >= 11 is 0. The van der Waals surface area contributed by atoms with Crippen LogP contribution in [0.1, 0.15) is 0 Å². The summed E-state index contributed by atoms with van der Waals surface area (Å²) in [5.41, 5.74) is 1.32. The average molecular weight is 469 g/mol. The molecule has 1 aliphatic rings. The van der Waals surface area contributed by atoms with Crippen molar-refractivity contribution in [3.63, 3.8) is 0 Å². The molecule has 0 bridgehead atoms. The van der Waals surface area contributed by atoms with Crippen LogP contribution >= 0.6 is 0 Å². The highest BCUT2D eigenvalue weighted by Crippen LogP contribution is 2.22. The van der Waals surface area contributed by atoms with Gasteiger partial charge in [0.2, 0.25) is 10.0 Å². The highest BCUT2D eigenvalue weighted by atomic mass is 32.2. The molecule has 1 saturated heterocycles. The highest BCUT2D eigenvalue weighted by Gasteiger charge is 2.27. The van der Waals surface area contributed by atoms with Crippen molar-refractivity contribution in [1.29, 1.82) is 0 Å². The van der Waals surface area contributed by atoms with Crippen molar-refractivity contribution in [1.82, 2.24) is 29.2 Å². The highest BCUT2D eigenvalue weighted by molar-refractivity contribution is 7.89. The molecule has 170 valence electrons. The summed E-state index contributed by atoms with van der Waals surface area (Å²) in [6.07, 6.45) is 1.57. The summed E-state index contributed by atoms with van der Waals surface area (Å²) in [5, 5.41) is 8.68. The van der Waals surface area contributed by atoms with Gasteiger partial charge < -0.3 is 9.88 Å². The molecule has 2 aromatic heterocycles. The second-order valence-corrected chi connectivity index (χ2v) is 9.93. The number of piperazine rings is 1. The lowest BCUT2D eigenvalue weighted by Gasteiger charge is -2.31. The Labute approximate surface area is 189 Å². The van der Waals surface area contributed by atoms with Crippen LogP contribution in [0.25, 0.3) is 27.8 Å². The maximum Gasteiger partial charge on any atom is 0.258 e. The maximum absolute atomic E-state index is 13.6. The molecular formula is C22H21FN6O3S. The van der Waals surface area contributed by atoms with Crippen LogP contribution in [0.15, 0.2) is 64.4 Å². The fraction of sp³-hybridized carbons (Fsp3) is 0.227. The van der Waals surface area contributed by atoms with Gasteiger partial charge in [0.25, 0.3) is 5.56 Å². The molecule has 11 heteroatoms. The molecule has 4 aromatic rings. The Bertz CT molecular complexity index is 1490. The number of fused-ring (bicyclic) bond motifs is 1. The molecule has 0 radical (unpaired) electrons. The van der Waals surface area contributed by atoms with Crippen LogP contribution in [0.2, 0.25) is 0 Å². The first-order valence-electron chi connectivity index (χ1n) is 10.4. The predicted octanol–water partition coefficient (Wildman–Crippen LogP) is 1.85. The summed E-state index contributed by atoms with van der Waals surface area (Å²) in [4.78, 5) is 17.5. The Morgan fingerprint density at radius 2 is 1.73 bits per heavy atom. The Hall–Kier alpha value is -3.41. The van der Waals surface area contributed by atoms with Gasteiger partial charge in [-0.15, -0.1) is 5.10 Å². The van der Waals surface area contributed by atoms with Crippen molar-refractivity contribution in [2.24, 2.45) is 0 Å². The van der Waals surface area contributed by atoms with Gasteiger partial charge in [0.05, 0.1) is 22.3 Å². The Morgan fingerprint density at radius 1 is 1.00 bits per heavy atom. The Morgan fingerprint density at radius 3 is 2.45 bits per heavy atom. The number of hydrogen-bond acceptors (Lipinski definition) is 6. The third kappa shape index (κ3) is 4.06. The van der Waals surface area contributed by atoms with E-state index in [-0.39, 0.29) is 16.0 Å². The normalized spacial score (nSPS) is 15.8. The number of nitrogens with one attached hydrogen (secondary N) is 1. The quantitative estimate of drug-likeness (QED) is 0.490. The smallest absolute Gasteiger partial charge is 0.258 e. The largest absolute Gasteiger partial charge is 0.321 e. The molecule has 0 saturated carbocycles. The molecule has 0 spiro atoms. The zero-order chi connectivity index (χ0) is 23.2. The lowest BCUT2D eigenvalue weighted by atomic mass is 10.1. The summed E-state index contributed by atoms with van der Waals surface area (Å²) in [5.74, 6) is -0.407. The molecule has 0 amide bonds. The number of rotatable bonds is 4. The number of hydrogen-bond donors (Lipinski definition) is 1. The van der Waals surface area contributed by atoms with E-state index < -0.39 is 15.8 Å². The van der Waals surface area contributed by atoms with E-state index in [1.807, 2.05) is 7.05 Å². The molecule has 1 fully saturated rings. The van der Waals surface area contributed by atoms with Crippen LogP contribution < -0.4 is 5.56 Å². The lowest BCUT2D eigenvalue weighted by molar-refractivity contribution is 0.222. The minimum absolute atomic E-state index is 0.212. The van der Waals surface area contributed by atoms with Crippen LogP contribution in [0.3, 0.4) is 0 Å². The van der Waals surface area contributed by atoms with Crippen molar-refractivity contribution in [3.05, 3.63) is 70.9 Å². The molecule has 1 N–H and O–H groups in total. The molecule has 9 nitrogen and oxygen atoms in total. The Balaban J connectivity index is 1.42. The van der Waals surface area contributed by atoms with Crippen molar-refractivity contribution < 1.29 is 12.8 Å². The van der Waals surface area contributed by atoms with Gasteiger partial charge in [-0.3, -0.25) is 4.79 Å². The number of pyridine rings is 1. The monoisotopic (exact) mass is 468 g/mol. The van der Waals surface area contributed by atoms with Gasteiger partial charge in [0.1, 0.15) is 11.5 Å².